The lowest BCUT2D eigenvalue weighted by molar-refractivity contribution is -0.0294. The third-order valence-electron chi connectivity index (χ3n) is 4.14. The molecule has 13 heavy (non-hydrogen) atoms. The Hall–Kier alpha value is -0.0400. The summed E-state index contributed by atoms with van der Waals surface area (Å²) in [5.41, 5.74) is -0.264. The molecule has 1 N–H and O–H groups in total. The summed E-state index contributed by atoms with van der Waals surface area (Å²) >= 11 is 0. The molecule has 0 heterocycles. The number of hydrogen-bond donors (Lipinski definition) is 1. The van der Waals surface area contributed by atoms with Gasteiger partial charge in [0.05, 0.1) is 5.60 Å². The van der Waals surface area contributed by atoms with Crippen molar-refractivity contribution in [3.8, 4) is 0 Å². The van der Waals surface area contributed by atoms with Gasteiger partial charge in [-0.2, -0.15) is 0 Å². The van der Waals surface area contributed by atoms with E-state index in [9.17, 15) is 5.11 Å². The highest BCUT2D eigenvalue weighted by Gasteiger charge is 2.41. The Morgan fingerprint density at radius 1 is 1.08 bits per heavy atom. The van der Waals surface area contributed by atoms with Crippen molar-refractivity contribution in [3.05, 3.63) is 0 Å². The van der Waals surface area contributed by atoms with Gasteiger partial charge in [0, 0.05) is 0 Å². The van der Waals surface area contributed by atoms with Gasteiger partial charge in [-0.25, -0.2) is 0 Å². The van der Waals surface area contributed by atoms with Gasteiger partial charge in [0.1, 0.15) is 0 Å². The Morgan fingerprint density at radius 3 is 2.31 bits per heavy atom. The Morgan fingerprint density at radius 2 is 1.77 bits per heavy atom. The fourth-order valence-electron chi connectivity index (χ4n) is 3.31. The van der Waals surface area contributed by atoms with Crippen molar-refractivity contribution >= 4 is 0 Å². The minimum atomic E-state index is -0.264. The normalized spacial score (nSPS) is 42.5. The SMILES string of the molecule is CC1CCC(O)(C2CCCCC2)C1. The van der Waals surface area contributed by atoms with Gasteiger partial charge in [0.2, 0.25) is 0 Å². The summed E-state index contributed by atoms with van der Waals surface area (Å²) in [5, 5.41) is 10.5. The molecule has 0 aliphatic heterocycles. The maximum atomic E-state index is 10.5. The molecule has 0 aromatic heterocycles. The van der Waals surface area contributed by atoms with Crippen LogP contribution < -0.4 is 0 Å². The third kappa shape index (κ3) is 1.90. The quantitative estimate of drug-likeness (QED) is 0.660. The topological polar surface area (TPSA) is 20.2 Å². The zero-order valence-corrected chi connectivity index (χ0v) is 8.76. The largest absolute Gasteiger partial charge is 0.390 e. The second kappa shape index (κ2) is 3.61. The molecule has 76 valence electrons. The van der Waals surface area contributed by atoms with Crippen molar-refractivity contribution in [2.24, 2.45) is 11.8 Å². The van der Waals surface area contributed by atoms with E-state index in [0.29, 0.717) is 5.92 Å². The fraction of sp³-hybridized carbons (Fsp3) is 1.00. The summed E-state index contributed by atoms with van der Waals surface area (Å²) in [6.07, 6.45) is 10.0. The third-order valence-corrected chi connectivity index (χ3v) is 4.14. The molecule has 0 radical (unpaired) electrons. The first-order valence-corrected chi connectivity index (χ1v) is 5.93. The second-order valence-electron chi connectivity index (χ2n) is 5.29. The average Bonchev–Trinajstić information content (AvgIpc) is 2.49. The fourth-order valence-corrected chi connectivity index (χ4v) is 3.31. The van der Waals surface area contributed by atoms with Crippen molar-refractivity contribution in [1.29, 1.82) is 0 Å². The highest BCUT2D eigenvalue weighted by atomic mass is 16.3. The molecule has 0 spiro atoms. The van der Waals surface area contributed by atoms with Gasteiger partial charge < -0.3 is 5.11 Å². The van der Waals surface area contributed by atoms with Gasteiger partial charge in [0.15, 0.2) is 0 Å². The summed E-state index contributed by atoms with van der Waals surface area (Å²) < 4.78 is 0. The van der Waals surface area contributed by atoms with Crippen molar-refractivity contribution in [1.82, 2.24) is 0 Å². The van der Waals surface area contributed by atoms with E-state index in [0.717, 1.165) is 18.8 Å². The van der Waals surface area contributed by atoms with Crippen LogP contribution in [0.15, 0.2) is 0 Å². The Balaban J connectivity index is 1.97. The van der Waals surface area contributed by atoms with Crippen LogP contribution in [0.4, 0.5) is 0 Å². The van der Waals surface area contributed by atoms with Gasteiger partial charge in [-0.3, -0.25) is 0 Å². The Bertz CT molecular complexity index is 172. The first-order valence-electron chi connectivity index (χ1n) is 5.93. The van der Waals surface area contributed by atoms with Crippen LogP contribution in [0.2, 0.25) is 0 Å². The first kappa shape index (κ1) is 9.51. The number of hydrogen-bond acceptors (Lipinski definition) is 1. The van der Waals surface area contributed by atoms with Crippen molar-refractivity contribution in [3.63, 3.8) is 0 Å². The molecule has 2 rings (SSSR count). The van der Waals surface area contributed by atoms with E-state index in [2.05, 4.69) is 6.92 Å². The van der Waals surface area contributed by atoms with Crippen LogP contribution >= 0.6 is 0 Å². The van der Waals surface area contributed by atoms with E-state index < -0.39 is 0 Å². The van der Waals surface area contributed by atoms with E-state index in [1.807, 2.05) is 0 Å². The summed E-state index contributed by atoms with van der Waals surface area (Å²) in [4.78, 5) is 0. The molecular weight excluding hydrogens is 160 g/mol. The number of rotatable bonds is 1. The zero-order valence-electron chi connectivity index (χ0n) is 8.76. The summed E-state index contributed by atoms with van der Waals surface area (Å²) in [6.45, 7) is 2.28. The van der Waals surface area contributed by atoms with E-state index in [1.54, 1.807) is 0 Å². The van der Waals surface area contributed by atoms with Crippen LogP contribution in [0.25, 0.3) is 0 Å². The zero-order chi connectivity index (χ0) is 9.31. The highest BCUT2D eigenvalue weighted by Crippen LogP contribution is 2.44. The molecule has 2 aliphatic carbocycles. The molecule has 1 heteroatoms. The van der Waals surface area contributed by atoms with E-state index in [1.165, 1.54) is 38.5 Å². The van der Waals surface area contributed by atoms with Crippen LogP contribution in [-0.2, 0) is 0 Å². The van der Waals surface area contributed by atoms with E-state index in [4.69, 9.17) is 0 Å². The van der Waals surface area contributed by atoms with Crippen molar-refractivity contribution in [2.45, 2.75) is 63.9 Å². The van der Waals surface area contributed by atoms with Gasteiger partial charge >= 0.3 is 0 Å². The van der Waals surface area contributed by atoms with Crippen LogP contribution in [-0.4, -0.2) is 10.7 Å². The van der Waals surface area contributed by atoms with Gasteiger partial charge in [-0.05, 0) is 43.9 Å². The maximum absolute atomic E-state index is 10.5. The maximum Gasteiger partial charge on any atom is 0.0678 e. The molecule has 2 saturated carbocycles. The van der Waals surface area contributed by atoms with Gasteiger partial charge in [0.25, 0.3) is 0 Å². The molecular formula is C12H22O. The molecule has 2 aliphatic rings. The minimum absolute atomic E-state index is 0.264. The highest BCUT2D eigenvalue weighted by molar-refractivity contribution is 4.94. The smallest absolute Gasteiger partial charge is 0.0678 e. The second-order valence-corrected chi connectivity index (χ2v) is 5.29. The summed E-state index contributed by atoms with van der Waals surface area (Å²) in [5.74, 6) is 1.39. The average molecular weight is 182 g/mol. The van der Waals surface area contributed by atoms with Crippen LogP contribution in [0, 0.1) is 11.8 Å². The molecule has 1 nitrogen and oxygen atoms in total. The van der Waals surface area contributed by atoms with Crippen molar-refractivity contribution in [2.75, 3.05) is 0 Å². The molecule has 2 atom stereocenters. The minimum Gasteiger partial charge on any atom is -0.390 e. The Kier molecular flexibility index (Phi) is 2.64. The predicted octanol–water partition coefficient (Wildman–Crippen LogP) is 3.12. The van der Waals surface area contributed by atoms with Crippen LogP contribution in [0.1, 0.15) is 58.3 Å². The standard InChI is InChI=1S/C12H22O/c1-10-7-8-12(13,9-10)11-5-3-2-4-6-11/h10-11,13H,2-9H2,1H3. The summed E-state index contributed by atoms with van der Waals surface area (Å²) in [7, 11) is 0. The molecule has 0 aromatic carbocycles. The monoisotopic (exact) mass is 182 g/mol. The predicted molar refractivity (Wildman–Crippen MR) is 54.5 cm³/mol. The van der Waals surface area contributed by atoms with E-state index >= 15 is 0 Å². The molecule has 0 saturated heterocycles. The van der Waals surface area contributed by atoms with E-state index in [-0.39, 0.29) is 5.60 Å². The first-order chi connectivity index (χ1) is 6.21. The van der Waals surface area contributed by atoms with Crippen LogP contribution in [0.3, 0.4) is 0 Å². The molecule has 0 aromatic rings. The van der Waals surface area contributed by atoms with Gasteiger partial charge in [-0.15, -0.1) is 0 Å². The molecule has 0 bridgehead atoms. The van der Waals surface area contributed by atoms with Gasteiger partial charge in [-0.1, -0.05) is 26.2 Å². The lowest BCUT2D eigenvalue weighted by Crippen LogP contribution is -2.36. The molecule has 2 fully saturated rings. The summed E-state index contributed by atoms with van der Waals surface area (Å²) in [6, 6.07) is 0. The molecule has 0 amide bonds. The number of aliphatic hydroxyl groups is 1. The lowest BCUT2D eigenvalue weighted by Gasteiger charge is -2.35. The lowest BCUT2D eigenvalue weighted by atomic mass is 9.76. The van der Waals surface area contributed by atoms with Crippen molar-refractivity contribution < 1.29 is 5.11 Å². The molecule has 2 unspecified atom stereocenters. The Labute approximate surface area is 81.5 Å². The van der Waals surface area contributed by atoms with Crippen LogP contribution in [0.5, 0.6) is 0 Å².